The highest BCUT2D eigenvalue weighted by molar-refractivity contribution is 7.13. The van der Waals surface area contributed by atoms with Crippen molar-refractivity contribution < 1.29 is 10.2 Å². The van der Waals surface area contributed by atoms with Crippen molar-refractivity contribution in [2.24, 2.45) is 0 Å². The highest BCUT2D eigenvalue weighted by Crippen LogP contribution is 2.23. The Labute approximate surface area is 77.7 Å². The van der Waals surface area contributed by atoms with Gasteiger partial charge in [0.1, 0.15) is 5.92 Å². The molecule has 64 valence electrons. The summed E-state index contributed by atoms with van der Waals surface area (Å²) in [6.45, 7) is 0. The van der Waals surface area contributed by atoms with Crippen LogP contribution in [0.2, 0.25) is 4.47 Å². The van der Waals surface area contributed by atoms with E-state index in [9.17, 15) is 0 Å². The predicted molar refractivity (Wildman–Crippen MR) is 43.7 cm³/mol. The highest BCUT2D eigenvalue weighted by atomic mass is 35.5. The van der Waals surface area contributed by atoms with Crippen LogP contribution in [0.3, 0.4) is 0 Å². The number of rotatable bonds is 2. The van der Waals surface area contributed by atoms with Crippen LogP contribution in [0.15, 0.2) is 5.38 Å². The van der Waals surface area contributed by atoms with Crippen LogP contribution in [0.5, 0.6) is 0 Å². The Hall–Kier alpha value is -0.670. The molecule has 0 fully saturated rings. The lowest BCUT2D eigenvalue weighted by Gasteiger charge is -2.06. The fraction of sp³-hybridized carbons (Fsp3) is 0.333. The van der Waals surface area contributed by atoms with Crippen molar-refractivity contribution in [2.75, 3.05) is 0 Å². The lowest BCUT2D eigenvalue weighted by atomic mass is 10.1. The lowest BCUT2D eigenvalue weighted by molar-refractivity contribution is -0.0486. The number of hydrogen-bond acceptors (Lipinski definition) is 5. The van der Waals surface area contributed by atoms with Crippen molar-refractivity contribution >= 4 is 22.9 Å². The summed E-state index contributed by atoms with van der Waals surface area (Å²) in [4.78, 5) is 3.74. The minimum Gasteiger partial charge on any atom is -0.367 e. The van der Waals surface area contributed by atoms with Gasteiger partial charge in [-0.2, -0.15) is 5.26 Å². The van der Waals surface area contributed by atoms with Gasteiger partial charge < -0.3 is 10.2 Å². The third kappa shape index (κ3) is 1.93. The molecule has 0 spiro atoms. The number of halogens is 1. The Morgan fingerprint density at radius 2 is 2.33 bits per heavy atom. The predicted octanol–water partition coefficient (Wildman–Crippen LogP) is 0.714. The maximum atomic E-state index is 8.73. The maximum Gasteiger partial charge on any atom is 0.183 e. The number of aliphatic hydroxyl groups is 2. The molecule has 0 aromatic carbocycles. The van der Waals surface area contributed by atoms with E-state index in [0.29, 0.717) is 5.69 Å². The van der Waals surface area contributed by atoms with E-state index in [1.807, 2.05) is 0 Å². The van der Waals surface area contributed by atoms with Crippen molar-refractivity contribution in [1.82, 2.24) is 4.98 Å². The molecule has 4 nitrogen and oxygen atoms in total. The SMILES string of the molecule is N#CC(c1csc(Cl)n1)C(O)O. The number of nitrogens with zero attached hydrogens (tertiary/aromatic N) is 2. The maximum absolute atomic E-state index is 8.73. The minimum absolute atomic E-state index is 0.283. The third-order valence-electron chi connectivity index (χ3n) is 1.25. The van der Waals surface area contributed by atoms with Gasteiger partial charge >= 0.3 is 0 Å². The molecule has 1 rings (SSSR count). The molecule has 6 heteroatoms. The molecule has 0 aliphatic rings. The van der Waals surface area contributed by atoms with Gasteiger partial charge in [-0.05, 0) is 0 Å². The van der Waals surface area contributed by atoms with Gasteiger partial charge in [-0.15, -0.1) is 11.3 Å². The van der Waals surface area contributed by atoms with Crippen LogP contribution in [0.25, 0.3) is 0 Å². The van der Waals surface area contributed by atoms with E-state index in [1.165, 1.54) is 5.38 Å². The first-order valence-corrected chi connectivity index (χ1v) is 4.27. The quantitative estimate of drug-likeness (QED) is 0.696. The second-order valence-electron chi connectivity index (χ2n) is 2.05. The number of aliphatic hydroxyl groups excluding tert-OH is 1. The molecule has 1 atom stereocenters. The largest absolute Gasteiger partial charge is 0.367 e. The fourth-order valence-electron chi connectivity index (χ4n) is 0.692. The van der Waals surface area contributed by atoms with Gasteiger partial charge in [-0.1, -0.05) is 11.6 Å². The molecule has 0 bridgehead atoms. The van der Waals surface area contributed by atoms with E-state index in [1.54, 1.807) is 6.07 Å². The smallest absolute Gasteiger partial charge is 0.183 e. The standard InChI is InChI=1S/C6H5ClN2O2S/c7-6-9-4(2-12-6)3(1-8)5(10)11/h2-3,5,10-11H. The van der Waals surface area contributed by atoms with Gasteiger partial charge in [-0.3, -0.25) is 0 Å². The van der Waals surface area contributed by atoms with E-state index in [4.69, 9.17) is 27.1 Å². The van der Waals surface area contributed by atoms with Crippen LogP contribution in [-0.4, -0.2) is 21.5 Å². The summed E-state index contributed by atoms with van der Waals surface area (Å²) in [5, 5.41) is 27.5. The summed E-state index contributed by atoms with van der Waals surface area (Å²) in [6.07, 6.45) is -1.71. The number of nitriles is 1. The summed E-state index contributed by atoms with van der Waals surface area (Å²) in [7, 11) is 0. The van der Waals surface area contributed by atoms with Gasteiger partial charge in [0.25, 0.3) is 0 Å². The molecule has 0 amide bonds. The second kappa shape index (κ2) is 3.83. The first-order valence-electron chi connectivity index (χ1n) is 3.02. The van der Waals surface area contributed by atoms with E-state index >= 15 is 0 Å². The topological polar surface area (TPSA) is 77.1 Å². The third-order valence-corrected chi connectivity index (χ3v) is 2.25. The van der Waals surface area contributed by atoms with Gasteiger partial charge in [0, 0.05) is 5.38 Å². The zero-order valence-electron chi connectivity index (χ0n) is 5.81. The first-order chi connectivity index (χ1) is 5.65. The minimum atomic E-state index is -1.71. The van der Waals surface area contributed by atoms with Crippen LogP contribution in [0.1, 0.15) is 11.6 Å². The Kier molecular flexibility index (Phi) is 3.00. The van der Waals surface area contributed by atoms with Crippen molar-refractivity contribution in [2.45, 2.75) is 12.2 Å². The molecule has 1 aromatic heterocycles. The average Bonchev–Trinajstić information content (AvgIpc) is 2.37. The molecule has 12 heavy (non-hydrogen) atoms. The molecule has 0 saturated heterocycles. The molecule has 0 aliphatic heterocycles. The average molecular weight is 205 g/mol. The zero-order valence-corrected chi connectivity index (χ0v) is 7.38. The Morgan fingerprint density at radius 3 is 2.67 bits per heavy atom. The summed E-state index contributed by atoms with van der Waals surface area (Å²) >= 11 is 6.65. The van der Waals surface area contributed by atoms with Gasteiger partial charge in [-0.25, -0.2) is 4.98 Å². The monoisotopic (exact) mass is 204 g/mol. The van der Waals surface area contributed by atoms with Crippen LogP contribution in [-0.2, 0) is 0 Å². The molecule has 1 heterocycles. The van der Waals surface area contributed by atoms with Crippen LogP contribution >= 0.6 is 22.9 Å². The lowest BCUT2D eigenvalue weighted by Crippen LogP contribution is -2.16. The van der Waals surface area contributed by atoms with E-state index in [2.05, 4.69) is 4.98 Å². The molecular weight excluding hydrogens is 200 g/mol. The number of thiazole rings is 1. The normalized spacial score (nSPS) is 12.9. The molecule has 0 radical (unpaired) electrons. The molecule has 0 aliphatic carbocycles. The summed E-state index contributed by atoms with van der Waals surface area (Å²) < 4.78 is 0.283. The number of hydrogen-bond donors (Lipinski definition) is 2. The molecule has 2 N–H and O–H groups in total. The van der Waals surface area contributed by atoms with Crippen molar-refractivity contribution in [1.29, 1.82) is 5.26 Å². The van der Waals surface area contributed by atoms with Crippen molar-refractivity contribution in [3.63, 3.8) is 0 Å². The molecule has 1 aromatic rings. The highest BCUT2D eigenvalue weighted by Gasteiger charge is 2.20. The second-order valence-corrected chi connectivity index (χ2v) is 3.49. The van der Waals surface area contributed by atoms with E-state index < -0.39 is 12.2 Å². The number of aromatic nitrogens is 1. The van der Waals surface area contributed by atoms with Crippen LogP contribution in [0, 0.1) is 11.3 Å². The first kappa shape index (κ1) is 9.42. The molecular formula is C6H5ClN2O2S. The van der Waals surface area contributed by atoms with Crippen LogP contribution in [0.4, 0.5) is 0 Å². The molecule has 0 saturated carbocycles. The zero-order chi connectivity index (χ0) is 9.14. The summed E-state index contributed by atoms with van der Waals surface area (Å²) in [5.74, 6) is -1.02. The van der Waals surface area contributed by atoms with Gasteiger partial charge in [0.15, 0.2) is 10.8 Å². The fourth-order valence-corrected chi connectivity index (χ4v) is 1.50. The van der Waals surface area contributed by atoms with Gasteiger partial charge in [0.2, 0.25) is 0 Å². The Balaban J connectivity index is 2.89. The van der Waals surface area contributed by atoms with Crippen LogP contribution < -0.4 is 0 Å². The van der Waals surface area contributed by atoms with E-state index in [0.717, 1.165) is 11.3 Å². The van der Waals surface area contributed by atoms with E-state index in [-0.39, 0.29) is 4.47 Å². The Morgan fingerprint density at radius 1 is 1.67 bits per heavy atom. The van der Waals surface area contributed by atoms with Crippen molar-refractivity contribution in [3.8, 4) is 6.07 Å². The summed E-state index contributed by atoms with van der Waals surface area (Å²) in [5.41, 5.74) is 0.294. The van der Waals surface area contributed by atoms with Crippen molar-refractivity contribution in [3.05, 3.63) is 15.5 Å². The Bertz CT molecular complexity index is 307. The van der Waals surface area contributed by atoms with Gasteiger partial charge in [0.05, 0.1) is 11.8 Å². The molecule has 1 unspecified atom stereocenters. The summed E-state index contributed by atoms with van der Waals surface area (Å²) in [6, 6.07) is 1.72.